The number of carbonyl (C=O) groups excluding carboxylic acids is 1. The molecule has 1 fully saturated rings. The van der Waals surface area contributed by atoms with Crippen LogP contribution in [0.3, 0.4) is 0 Å². The third-order valence-corrected chi connectivity index (χ3v) is 5.61. The van der Waals surface area contributed by atoms with E-state index in [1.807, 2.05) is 44.2 Å². The molecule has 5 heteroatoms. The van der Waals surface area contributed by atoms with Crippen LogP contribution in [-0.2, 0) is 11.2 Å². The number of hydrogen-bond donors (Lipinski definition) is 2. The summed E-state index contributed by atoms with van der Waals surface area (Å²) in [5.41, 5.74) is 6.56. The number of nitrogens with zero attached hydrogens (tertiary/aromatic N) is 2. The minimum absolute atomic E-state index is 0.0632. The Morgan fingerprint density at radius 3 is 2.58 bits per heavy atom. The summed E-state index contributed by atoms with van der Waals surface area (Å²) < 4.78 is 0. The van der Waals surface area contributed by atoms with Gasteiger partial charge >= 0.3 is 0 Å². The lowest BCUT2D eigenvalue weighted by molar-refractivity contribution is -0.120. The Labute approximate surface area is 155 Å². The first-order valence-electron chi connectivity index (χ1n) is 8.90. The molecule has 0 unspecified atom stereocenters. The summed E-state index contributed by atoms with van der Waals surface area (Å²) in [5.74, 6) is -0.927. The van der Waals surface area contributed by atoms with Crippen LogP contribution in [0.4, 0.5) is 0 Å². The molecule has 3 N–H and O–H groups in total. The molecule has 1 amide bonds. The average Bonchev–Trinajstić information content (AvgIpc) is 2.63. The van der Waals surface area contributed by atoms with E-state index in [2.05, 4.69) is 24.0 Å². The van der Waals surface area contributed by atoms with Crippen molar-refractivity contribution in [2.45, 2.75) is 44.7 Å². The summed E-state index contributed by atoms with van der Waals surface area (Å²) in [5, 5.41) is 22.8. The van der Waals surface area contributed by atoms with Crippen molar-refractivity contribution >= 4 is 5.91 Å². The van der Waals surface area contributed by atoms with Crippen LogP contribution in [0.15, 0.2) is 42.5 Å². The molecule has 0 saturated heterocycles. The lowest BCUT2D eigenvalue weighted by atomic mass is 9.63. The molecule has 0 spiro atoms. The van der Waals surface area contributed by atoms with Crippen molar-refractivity contribution in [1.82, 2.24) is 5.32 Å². The molecule has 5 nitrogen and oxygen atoms in total. The molecule has 1 saturated carbocycles. The molecule has 26 heavy (non-hydrogen) atoms. The number of carbonyl (C=O) groups is 1. The smallest absolute Gasteiger partial charge is 0.234 e. The Morgan fingerprint density at radius 1 is 1.42 bits per heavy atom. The van der Waals surface area contributed by atoms with Crippen LogP contribution in [0.1, 0.15) is 32.3 Å². The molecule has 136 valence electrons. The summed E-state index contributed by atoms with van der Waals surface area (Å²) in [6.45, 7) is 7.84. The van der Waals surface area contributed by atoms with E-state index < -0.39 is 17.5 Å². The number of amides is 1. The topological polar surface area (TPSA) is 103 Å². The molecule has 1 aromatic carbocycles. The Hall–Kier alpha value is -2.63. The van der Waals surface area contributed by atoms with Gasteiger partial charge in [-0.05, 0) is 37.7 Å². The van der Waals surface area contributed by atoms with Gasteiger partial charge in [0.2, 0.25) is 5.91 Å². The van der Waals surface area contributed by atoms with Gasteiger partial charge in [-0.1, -0.05) is 49.4 Å². The van der Waals surface area contributed by atoms with Crippen LogP contribution >= 0.6 is 0 Å². The number of rotatable bonds is 6. The van der Waals surface area contributed by atoms with E-state index >= 15 is 0 Å². The maximum Gasteiger partial charge on any atom is 0.234 e. The predicted octanol–water partition coefficient (Wildman–Crippen LogP) is 2.70. The van der Waals surface area contributed by atoms with Crippen molar-refractivity contribution in [1.29, 1.82) is 10.5 Å². The summed E-state index contributed by atoms with van der Waals surface area (Å²) >= 11 is 0. The summed E-state index contributed by atoms with van der Waals surface area (Å²) in [4.78, 5) is 12.1. The zero-order chi connectivity index (χ0) is 19.3. The molecule has 0 heterocycles. The number of allylic oxidation sites excluding steroid dienone is 1. The molecule has 1 aromatic rings. The zero-order valence-electron chi connectivity index (χ0n) is 15.4. The monoisotopic (exact) mass is 350 g/mol. The first-order valence-corrected chi connectivity index (χ1v) is 8.90. The Morgan fingerprint density at radius 2 is 2.08 bits per heavy atom. The third kappa shape index (κ3) is 4.12. The van der Waals surface area contributed by atoms with E-state index in [1.165, 1.54) is 0 Å². The number of hydrogen-bond acceptors (Lipinski definition) is 4. The molecule has 0 bridgehead atoms. The van der Waals surface area contributed by atoms with Crippen molar-refractivity contribution in [3.63, 3.8) is 0 Å². The summed E-state index contributed by atoms with van der Waals surface area (Å²) in [6, 6.07) is 13.6. The van der Waals surface area contributed by atoms with E-state index in [4.69, 9.17) is 5.73 Å². The fraction of sp³-hybridized carbons (Fsp3) is 0.476. The van der Waals surface area contributed by atoms with Gasteiger partial charge in [0, 0.05) is 5.92 Å². The molecule has 5 atom stereocenters. The second kappa shape index (κ2) is 8.17. The molecule has 1 aliphatic rings. The maximum atomic E-state index is 12.1. The van der Waals surface area contributed by atoms with Crippen LogP contribution in [0.5, 0.6) is 0 Å². The Balaban J connectivity index is 2.33. The largest absolute Gasteiger partial charge is 0.368 e. The van der Waals surface area contributed by atoms with E-state index in [-0.39, 0.29) is 17.8 Å². The fourth-order valence-electron chi connectivity index (χ4n) is 3.81. The predicted molar refractivity (Wildman–Crippen MR) is 100 cm³/mol. The molecule has 0 radical (unpaired) electrons. The van der Waals surface area contributed by atoms with E-state index in [0.717, 1.165) is 11.1 Å². The molecular formula is C21H26N4O. The van der Waals surface area contributed by atoms with Crippen molar-refractivity contribution in [3.8, 4) is 12.1 Å². The highest BCUT2D eigenvalue weighted by atomic mass is 16.1. The van der Waals surface area contributed by atoms with Crippen molar-refractivity contribution < 1.29 is 4.79 Å². The minimum atomic E-state index is -0.989. The highest BCUT2D eigenvalue weighted by Gasteiger charge is 2.48. The fourth-order valence-corrected chi connectivity index (χ4v) is 3.81. The second-order valence-corrected chi connectivity index (χ2v) is 7.38. The first-order chi connectivity index (χ1) is 12.3. The van der Waals surface area contributed by atoms with Crippen molar-refractivity contribution in [2.24, 2.45) is 23.5 Å². The van der Waals surface area contributed by atoms with Gasteiger partial charge in [-0.3, -0.25) is 10.1 Å². The molecular weight excluding hydrogens is 324 g/mol. The second-order valence-electron chi connectivity index (χ2n) is 7.38. The van der Waals surface area contributed by atoms with Crippen LogP contribution in [-0.4, -0.2) is 17.5 Å². The van der Waals surface area contributed by atoms with Gasteiger partial charge in [0.15, 0.2) is 0 Å². The van der Waals surface area contributed by atoms with Crippen molar-refractivity contribution in [3.05, 3.63) is 48.0 Å². The summed E-state index contributed by atoms with van der Waals surface area (Å²) in [6.07, 6.45) is 1.62. The molecule has 2 rings (SSSR count). The van der Waals surface area contributed by atoms with Crippen molar-refractivity contribution in [2.75, 3.05) is 0 Å². The van der Waals surface area contributed by atoms with Crippen LogP contribution in [0.25, 0.3) is 0 Å². The Kier molecular flexibility index (Phi) is 6.18. The van der Waals surface area contributed by atoms with Gasteiger partial charge in [-0.2, -0.15) is 10.5 Å². The number of nitrogens with one attached hydrogen (secondary N) is 1. The van der Waals surface area contributed by atoms with Crippen LogP contribution < -0.4 is 11.1 Å². The number of primary amides is 1. The molecule has 1 aliphatic carbocycles. The molecule has 0 aromatic heterocycles. The zero-order valence-corrected chi connectivity index (χ0v) is 15.4. The number of nitrogens with two attached hydrogens (primary N) is 1. The average molecular weight is 350 g/mol. The maximum absolute atomic E-state index is 12.1. The van der Waals surface area contributed by atoms with Gasteiger partial charge in [-0.25, -0.2) is 0 Å². The van der Waals surface area contributed by atoms with E-state index in [0.29, 0.717) is 19.3 Å². The van der Waals surface area contributed by atoms with Gasteiger partial charge in [0.1, 0.15) is 5.54 Å². The molecule has 0 aliphatic heterocycles. The highest BCUT2D eigenvalue weighted by Crippen LogP contribution is 2.43. The SMILES string of the molecule is C=C(C)[C@H]1C[C@@H](C#N)[C@@H](C)[C@](C#N)(N[C@H](Cc2ccccc2)C(N)=O)C1. The van der Waals surface area contributed by atoms with Gasteiger partial charge in [-0.15, -0.1) is 0 Å². The number of nitriles is 2. The highest BCUT2D eigenvalue weighted by molar-refractivity contribution is 5.80. The van der Waals surface area contributed by atoms with Gasteiger partial charge in [0.05, 0.1) is 24.1 Å². The minimum Gasteiger partial charge on any atom is -0.368 e. The van der Waals surface area contributed by atoms with Gasteiger partial charge < -0.3 is 5.73 Å². The van der Waals surface area contributed by atoms with E-state index in [9.17, 15) is 15.3 Å². The standard InChI is InChI=1S/C21H26N4O/c1-14(2)17-10-18(12-22)15(3)21(11-17,13-23)25-19(20(24)26)9-16-7-5-4-6-8-16/h4-8,15,17-19,25H,1,9-11H2,2-3H3,(H2,24,26)/t15-,17+,18+,19-,21+/m1/s1. The van der Waals surface area contributed by atoms with Crippen LogP contribution in [0.2, 0.25) is 0 Å². The first kappa shape index (κ1) is 19.7. The van der Waals surface area contributed by atoms with E-state index in [1.54, 1.807) is 0 Å². The van der Waals surface area contributed by atoms with Gasteiger partial charge in [0.25, 0.3) is 0 Å². The third-order valence-electron chi connectivity index (χ3n) is 5.61. The van der Waals surface area contributed by atoms with Crippen LogP contribution in [0, 0.1) is 40.4 Å². The lowest BCUT2D eigenvalue weighted by Crippen LogP contribution is -2.61. The Bertz CT molecular complexity index is 746. The lowest BCUT2D eigenvalue weighted by Gasteiger charge is -2.45. The summed E-state index contributed by atoms with van der Waals surface area (Å²) in [7, 11) is 0. The quantitative estimate of drug-likeness (QED) is 0.770. The normalized spacial score (nSPS) is 29.2. The number of benzene rings is 1.